The molecule has 0 spiro atoms. The number of hydrogen-bond acceptors (Lipinski definition) is 3. The predicted octanol–water partition coefficient (Wildman–Crippen LogP) is -0.629. The largest absolute Gasteiger partial charge is 0.454 e. The minimum absolute atomic E-state index is 0.508. The van der Waals surface area contributed by atoms with Crippen LogP contribution in [0.25, 0.3) is 24.2 Å². The van der Waals surface area contributed by atoms with Gasteiger partial charge in [-0.05, 0) is 0 Å². The van der Waals surface area contributed by atoms with Crippen LogP contribution in [0.3, 0.4) is 0 Å². The van der Waals surface area contributed by atoms with Gasteiger partial charge in [0.25, 0.3) is 0 Å². The van der Waals surface area contributed by atoms with Crippen LogP contribution >= 0.6 is 0 Å². The molecule has 0 aromatic carbocycles. The Morgan fingerprint density at radius 1 is 1.10 bits per heavy atom. The van der Waals surface area contributed by atoms with Crippen molar-refractivity contribution in [3.8, 4) is 0 Å². The van der Waals surface area contributed by atoms with Crippen LogP contribution < -0.4 is 10.8 Å². The van der Waals surface area contributed by atoms with Crippen molar-refractivity contribution in [1.82, 2.24) is 15.4 Å². The molecule has 4 nitrogen and oxygen atoms in total. The van der Waals surface area contributed by atoms with Crippen molar-refractivity contribution in [2.45, 2.75) is 0 Å². The van der Waals surface area contributed by atoms with Crippen molar-refractivity contribution in [3.05, 3.63) is 10.8 Å². The number of furan rings is 1. The number of fused-ring (bicyclic) bond motifs is 1. The van der Waals surface area contributed by atoms with Gasteiger partial charge in [-0.1, -0.05) is 13.2 Å². The van der Waals surface area contributed by atoms with Crippen LogP contribution in [0.4, 0.5) is 0 Å². The Bertz CT molecular complexity index is 413. The molecular formula is C6H5N3O. The standard InChI is InChI=1S/C6H5N3O/c1-3-5-6(4(2)10-3)8-9-7-5/h1-2H2,(H,7,8,9). The highest BCUT2D eigenvalue weighted by Crippen LogP contribution is 1.92. The van der Waals surface area contributed by atoms with E-state index in [0.29, 0.717) is 21.9 Å². The van der Waals surface area contributed by atoms with Crippen LogP contribution in [0.15, 0.2) is 4.42 Å². The molecule has 0 fully saturated rings. The first-order valence-electron chi connectivity index (χ1n) is 2.76. The summed E-state index contributed by atoms with van der Waals surface area (Å²) in [6, 6.07) is 0. The third-order valence-electron chi connectivity index (χ3n) is 1.32. The molecule has 0 saturated heterocycles. The molecule has 4 heteroatoms. The monoisotopic (exact) mass is 135 g/mol. The van der Waals surface area contributed by atoms with E-state index < -0.39 is 0 Å². The molecule has 0 aliphatic carbocycles. The molecule has 0 amide bonds. The normalized spacial score (nSPS) is 10.8. The SMILES string of the molecule is C=c1oc(=C)c2n[nH]nc12. The van der Waals surface area contributed by atoms with Crippen LogP contribution in [-0.2, 0) is 0 Å². The van der Waals surface area contributed by atoms with Crippen LogP contribution in [-0.4, -0.2) is 15.4 Å². The summed E-state index contributed by atoms with van der Waals surface area (Å²) in [5.41, 5.74) is 2.33. The Kier molecular flexibility index (Phi) is 0.768. The molecule has 10 heavy (non-hydrogen) atoms. The van der Waals surface area contributed by atoms with Crippen molar-refractivity contribution in [1.29, 1.82) is 0 Å². The molecule has 0 unspecified atom stereocenters. The molecule has 0 aliphatic heterocycles. The molecule has 0 saturated carbocycles. The van der Waals surface area contributed by atoms with Gasteiger partial charge in [0, 0.05) is 0 Å². The van der Waals surface area contributed by atoms with E-state index in [0.717, 1.165) is 0 Å². The summed E-state index contributed by atoms with van der Waals surface area (Å²) in [5.74, 6) is 0. The fourth-order valence-corrected chi connectivity index (χ4v) is 0.865. The van der Waals surface area contributed by atoms with Gasteiger partial charge in [-0.3, -0.25) is 0 Å². The smallest absolute Gasteiger partial charge is 0.158 e. The Morgan fingerprint density at radius 3 is 2.10 bits per heavy atom. The van der Waals surface area contributed by atoms with E-state index in [1.165, 1.54) is 0 Å². The molecule has 0 aliphatic rings. The summed E-state index contributed by atoms with van der Waals surface area (Å²) >= 11 is 0. The molecule has 50 valence electrons. The van der Waals surface area contributed by atoms with E-state index in [1.54, 1.807) is 0 Å². The van der Waals surface area contributed by atoms with Crippen molar-refractivity contribution < 1.29 is 4.42 Å². The predicted molar refractivity (Wildman–Crippen MR) is 36.4 cm³/mol. The van der Waals surface area contributed by atoms with E-state index in [4.69, 9.17) is 4.42 Å². The van der Waals surface area contributed by atoms with Gasteiger partial charge in [0.15, 0.2) is 11.0 Å². The summed E-state index contributed by atoms with van der Waals surface area (Å²) in [6.45, 7) is 7.23. The molecule has 0 atom stereocenters. The molecule has 2 heterocycles. The van der Waals surface area contributed by atoms with E-state index in [1.807, 2.05) is 0 Å². The second-order valence-corrected chi connectivity index (χ2v) is 1.97. The minimum Gasteiger partial charge on any atom is -0.454 e. The highest BCUT2D eigenvalue weighted by molar-refractivity contribution is 5.72. The summed E-state index contributed by atoms with van der Waals surface area (Å²) in [4.78, 5) is 0. The number of aromatic nitrogens is 3. The fraction of sp³-hybridized carbons (Fsp3) is 0. The molecule has 2 aromatic heterocycles. The van der Waals surface area contributed by atoms with E-state index in [2.05, 4.69) is 28.6 Å². The maximum Gasteiger partial charge on any atom is 0.158 e. The zero-order valence-corrected chi connectivity index (χ0v) is 5.22. The van der Waals surface area contributed by atoms with Crippen LogP contribution in [0.5, 0.6) is 0 Å². The van der Waals surface area contributed by atoms with Crippen LogP contribution in [0, 0.1) is 0 Å². The first kappa shape index (κ1) is 5.22. The number of nitrogens with one attached hydrogen (secondary N) is 1. The van der Waals surface area contributed by atoms with Crippen molar-refractivity contribution >= 4 is 24.2 Å². The van der Waals surface area contributed by atoms with E-state index in [-0.39, 0.29) is 0 Å². The minimum atomic E-state index is 0.508. The molecule has 2 aromatic rings. The van der Waals surface area contributed by atoms with E-state index in [9.17, 15) is 0 Å². The Morgan fingerprint density at radius 2 is 1.60 bits per heavy atom. The molecular weight excluding hydrogens is 130 g/mol. The topological polar surface area (TPSA) is 54.7 Å². The molecule has 1 N–H and O–H groups in total. The maximum absolute atomic E-state index is 5.04. The quantitative estimate of drug-likeness (QED) is 0.523. The summed E-state index contributed by atoms with van der Waals surface area (Å²) in [6.07, 6.45) is 0. The molecule has 0 radical (unpaired) electrons. The first-order valence-corrected chi connectivity index (χ1v) is 2.76. The number of H-pyrrole nitrogens is 1. The third kappa shape index (κ3) is 0.452. The average Bonchev–Trinajstić information content (AvgIpc) is 2.39. The molecule has 2 rings (SSSR count). The first-order chi connectivity index (χ1) is 4.79. The van der Waals surface area contributed by atoms with Gasteiger partial charge in [-0.15, -0.1) is 0 Å². The lowest BCUT2D eigenvalue weighted by molar-refractivity contribution is 0.507. The maximum atomic E-state index is 5.04. The Hall–Kier alpha value is -1.58. The fourth-order valence-electron chi connectivity index (χ4n) is 0.865. The second-order valence-electron chi connectivity index (χ2n) is 1.97. The summed E-state index contributed by atoms with van der Waals surface area (Å²) in [5, 5.41) is 10.1. The van der Waals surface area contributed by atoms with Gasteiger partial charge in [-0.25, -0.2) is 0 Å². The lowest BCUT2D eigenvalue weighted by atomic mass is 10.5. The van der Waals surface area contributed by atoms with E-state index >= 15 is 0 Å². The Balaban J connectivity index is 3.28. The van der Waals surface area contributed by atoms with Crippen molar-refractivity contribution in [2.75, 3.05) is 0 Å². The lowest BCUT2D eigenvalue weighted by Gasteiger charge is -1.67. The van der Waals surface area contributed by atoms with Crippen molar-refractivity contribution in [2.24, 2.45) is 0 Å². The summed E-state index contributed by atoms with van der Waals surface area (Å²) in [7, 11) is 0. The highest BCUT2D eigenvalue weighted by Gasteiger charge is 2.02. The van der Waals surface area contributed by atoms with Gasteiger partial charge in [-0.2, -0.15) is 15.4 Å². The lowest BCUT2D eigenvalue weighted by Crippen LogP contribution is -1.96. The summed E-state index contributed by atoms with van der Waals surface area (Å²) < 4.78 is 5.04. The zero-order chi connectivity index (χ0) is 7.14. The Labute approximate surface area is 55.8 Å². The number of nitrogens with zero attached hydrogens (tertiary/aromatic N) is 2. The third-order valence-corrected chi connectivity index (χ3v) is 1.32. The second kappa shape index (κ2) is 1.47. The van der Waals surface area contributed by atoms with Crippen LogP contribution in [0.2, 0.25) is 0 Å². The van der Waals surface area contributed by atoms with Crippen LogP contribution in [0.1, 0.15) is 0 Å². The average molecular weight is 135 g/mol. The van der Waals surface area contributed by atoms with Gasteiger partial charge in [0.2, 0.25) is 0 Å². The highest BCUT2D eigenvalue weighted by atomic mass is 16.3. The number of rotatable bonds is 0. The van der Waals surface area contributed by atoms with Gasteiger partial charge in [0.1, 0.15) is 10.8 Å². The van der Waals surface area contributed by atoms with Gasteiger partial charge in [0.05, 0.1) is 0 Å². The van der Waals surface area contributed by atoms with Gasteiger partial charge < -0.3 is 4.42 Å². The zero-order valence-electron chi connectivity index (χ0n) is 5.22. The number of aromatic amines is 1. The molecule has 0 bridgehead atoms. The number of hydrogen-bond donors (Lipinski definition) is 1. The van der Waals surface area contributed by atoms with Gasteiger partial charge >= 0.3 is 0 Å². The van der Waals surface area contributed by atoms with Crippen molar-refractivity contribution in [3.63, 3.8) is 0 Å².